The predicted molar refractivity (Wildman–Crippen MR) is 71.4 cm³/mol. The van der Waals surface area contributed by atoms with Crippen LogP contribution in [0.3, 0.4) is 0 Å². The van der Waals surface area contributed by atoms with Crippen molar-refractivity contribution >= 4 is 0 Å². The van der Waals surface area contributed by atoms with Gasteiger partial charge in [0.2, 0.25) is 0 Å². The monoisotopic (exact) mass is 276 g/mol. The van der Waals surface area contributed by atoms with Crippen LogP contribution in [0.1, 0.15) is 29.5 Å². The molecule has 2 aromatic rings. The largest absolute Gasteiger partial charge is 0.392 e. The fraction of sp³-hybridized carbons (Fsp3) is 0.400. The molecule has 1 aromatic carbocycles. The minimum atomic E-state index is -0.367. The first-order valence-electron chi connectivity index (χ1n) is 6.71. The van der Waals surface area contributed by atoms with Crippen LogP contribution in [0.15, 0.2) is 34.9 Å². The summed E-state index contributed by atoms with van der Waals surface area (Å²) in [5.41, 5.74) is 1.86. The maximum absolute atomic E-state index is 13.0. The Bertz CT molecular complexity index is 582. The van der Waals surface area contributed by atoms with E-state index in [1.807, 2.05) is 13.0 Å². The van der Waals surface area contributed by atoms with Gasteiger partial charge in [-0.2, -0.15) is 0 Å². The van der Waals surface area contributed by atoms with Gasteiger partial charge in [-0.1, -0.05) is 17.3 Å². The van der Waals surface area contributed by atoms with E-state index in [-0.39, 0.29) is 18.0 Å². The van der Waals surface area contributed by atoms with Gasteiger partial charge in [-0.25, -0.2) is 4.39 Å². The van der Waals surface area contributed by atoms with Gasteiger partial charge in [-0.15, -0.1) is 0 Å². The minimum Gasteiger partial charge on any atom is -0.392 e. The van der Waals surface area contributed by atoms with Gasteiger partial charge in [0.25, 0.3) is 0 Å². The van der Waals surface area contributed by atoms with E-state index in [9.17, 15) is 9.50 Å². The molecule has 5 heteroatoms. The highest BCUT2D eigenvalue weighted by molar-refractivity contribution is 5.22. The number of likely N-dealkylation sites (tertiary alicyclic amines) is 1. The Labute approximate surface area is 116 Å². The summed E-state index contributed by atoms with van der Waals surface area (Å²) in [5.74, 6) is 0.536. The lowest BCUT2D eigenvalue weighted by Gasteiger charge is -2.23. The number of halogens is 1. The quantitative estimate of drug-likeness (QED) is 0.935. The summed E-state index contributed by atoms with van der Waals surface area (Å²) in [6, 6.07) is 8.43. The summed E-state index contributed by atoms with van der Waals surface area (Å²) in [7, 11) is 0. The van der Waals surface area contributed by atoms with Gasteiger partial charge in [0.05, 0.1) is 18.3 Å². The van der Waals surface area contributed by atoms with Crippen molar-refractivity contribution < 1.29 is 14.0 Å². The summed E-state index contributed by atoms with van der Waals surface area (Å²) in [6.07, 6.45) is 0.285. The maximum atomic E-state index is 13.0. The van der Waals surface area contributed by atoms with Gasteiger partial charge in [-0.05, 0) is 31.0 Å². The number of aliphatic hydroxyl groups excluding tert-OH is 1. The summed E-state index contributed by atoms with van der Waals surface area (Å²) in [4.78, 5) is 2.14. The van der Waals surface area contributed by atoms with Crippen molar-refractivity contribution in [3.8, 4) is 0 Å². The molecule has 1 aromatic heterocycles. The van der Waals surface area contributed by atoms with E-state index in [2.05, 4.69) is 10.1 Å². The summed E-state index contributed by atoms with van der Waals surface area (Å²) in [6.45, 7) is 3.06. The van der Waals surface area contributed by atoms with Crippen LogP contribution < -0.4 is 0 Å². The first-order chi connectivity index (χ1) is 9.61. The molecule has 20 heavy (non-hydrogen) atoms. The number of rotatable bonds is 3. The zero-order valence-electron chi connectivity index (χ0n) is 11.3. The van der Waals surface area contributed by atoms with Crippen molar-refractivity contribution in [2.45, 2.75) is 32.0 Å². The standard InChI is InChI=1S/C15H17FN2O2/c1-10-6-14(20-17-10)9-18-8-13(19)7-15(18)11-2-4-12(16)5-3-11/h2-6,13,15,19H,7-9H2,1H3/t13-,15-/m1/s1. The van der Waals surface area contributed by atoms with E-state index >= 15 is 0 Å². The molecule has 0 saturated carbocycles. The number of hydrogen-bond acceptors (Lipinski definition) is 4. The van der Waals surface area contributed by atoms with Crippen LogP contribution in [0.4, 0.5) is 4.39 Å². The average Bonchev–Trinajstić information content (AvgIpc) is 2.97. The molecule has 1 aliphatic heterocycles. The summed E-state index contributed by atoms with van der Waals surface area (Å²) >= 11 is 0. The Morgan fingerprint density at radius 1 is 1.40 bits per heavy atom. The topological polar surface area (TPSA) is 49.5 Å². The number of aliphatic hydroxyl groups is 1. The molecule has 106 valence electrons. The van der Waals surface area contributed by atoms with E-state index in [4.69, 9.17) is 4.52 Å². The fourth-order valence-electron chi connectivity index (χ4n) is 2.78. The molecule has 3 rings (SSSR count). The molecule has 0 unspecified atom stereocenters. The minimum absolute atomic E-state index is 0.0796. The Kier molecular flexibility index (Phi) is 3.54. The molecule has 0 spiro atoms. The molecule has 1 aliphatic rings. The van der Waals surface area contributed by atoms with Crippen LogP contribution in [0.5, 0.6) is 0 Å². The van der Waals surface area contributed by atoms with Crippen molar-refractivity contribution in [3.63, 3.8) is 0 Å². The number of aromatic nitrogens is 1. The number of aryl methyl sites for hydroxylation is 1. The Morgan fingerprint density at radius 2 is 2.15 bits per heavy atom. The third-order valence-corrected chi connectivity index (χ3v) is 3.67. The first-order valence-corrected chi connectivity index (χ1v) is 6.71. The van der Waals surface area contributed by atoms with Crippen LogP contribution in [-0.2, 0) is 6.54 Å². The molecule has 0 aliphatic carbocycles. The van der Waals surface area contributed by atoms with Crippen LogP contribution >= 0.6 is 0 Å². The van der Waals surface area contributed by atoms with Gasteiger partial charge >= 0.3 is 0 Å². The molecule has 0 amide bonds. The Balaban J connectivity index is 1.79. The summed E-state index contributed by atoms with van der Waals surface area (Å²) in [5, 5.41) is 13.8. The first kappa shape index (κ1) is 13.3. The van der Waals surface area contributed by atoms with E-state index in [0.29, 0.717) is 19.5 Å². The second kappa shape index (κ2) is 5.34. The zero-order chi connectivity index (χ0) is 14.1. The molecule has 1 saturated heterocycles. The zero-order valence-corrected chi connectivity index (χ0v) is 11.3. The lowest BCUT2D eigenvalue weighted by atomic mass is 10.0. The molecular weight excluding hydrogens is 259 g/mol. The van der Waals surface area contributed by atoms with Crippen LogP contribution in [0, 0.1) is 12.7 Å². The fourth-order valence-corrected chi connectivity index (χ4v) is 2.78. The molecule has 2 heterocycles. The van der Waals surface area contributed by atoms with Crippen molar-refractivity contribution in [3.05, 3.63) is 53.2 Å². The van der Waals surface area contributed by atoms with E-state index < -0.39 is 0 Å². The van der Waals surface area contributed by atoms with Crippen molar-refractivity contribution in [2.75, 3.05) is 6.54 Å². The number of hydrogen-bond donors (Lipinski definition) is 1. The highest BCUT2D eigenvalue weighted by Crippen LogP contribution is 2.33. The second-order valence-corrected chi connectivity index (χ2v) is 5.32. The van der Waals surface area contributed by atoms with Gasteiger partial charge in [-0.3, -0.25) is 4.90 Å². The van der Waals surface area contributed by atoms with E-state index in [1.165, 1.54) is 12.1 Å². The highest BCUT2D eigenvalue weighted by atomic mass is 19.1. The summed E-state index contributed by atoms with van der Waals surface area (Å²) < 4.78 is 18.2. The third kappa shape index (κ3) is 2.73. The smallest absolute Gasteiger partial charge is 0.150 e. The lowest BCUT2D eigenvalue weighted by Crippen LogP contribution is -2.24. The van der Waals surface area contributed by atoms with Gasteiger partial charge in [0.15, 0.2) is 5.76 Å². The maximum Gasteiger partial charge on any atom is 0.150 e. The molecule has 0 bridgehead atoms. The second-order valence-electron chi connectivity index (χ2n) is 5.32. The van der Waals surface area contributed by atoms with Gasteiger partial charge < -0.3 is 9.63 Å². The predicted octanol–water partition coefficient (Wildman–Crippen LogP) is 2.43. The average molecular weight is 276 g/mol. The Hall–Kier alpha value is -1.72. The number of benzene rings is 1. The lowest BCUT2D eigenvalue weighted by molar-refractivity contribution is 0.166. The molecule has 0 radical (unpaired) electrons. The number of nitrogens with zero attached hydrogens (tertiary/aromatic N) is 2. The molecule has 2 atom stereocenters. The molecule has 1 fully saturated rings. The number of β-amino-alcohol motifs (C(OH)–C–C–N with tert-alkyl or cyclic N) is 1. The normalized spacial score (nSPS) is 23.4. The Morgan fingerprint density at radius 3 is 2.80 bits per heavy atom. The highest BCUT2D eigenvalue weighted by Gasteiger charge is 2.32. The molecular formula is C15H17FN2O2. The van der Waals surface area contributed by atoms with Crippen LogP contribution in [0.2, 0.25) is 0 Å². The molecule has 1 N–H and O–H groups in total. The van der Waals surface area contributed by atoms with Crippen LogP contribution in [0.25, 0.3) is 0 Å². The SMILES string of the molecule is Cc1cc(CN2C[C@H](O)C[C@@H]2c2ccc(F)cc2)on1. The van der Waals surface area contributed by atoms with Gasteiger partial charge in [0.1, 0.15) is 5.82 Å². The molecule has 4 nitrogen and oxygen atoms in total. The van der Waals surface area contributed by atoms with Crippen LogP contribution in [-0.4, -0.2) is 27.8 Å². The van der Waals surface area contributed by atoms with Crippen molar-refractivity contribution in [2.24, 2.45) is 0 Å². The van der Waals surface area contributed by atoms with Crippen molar-refractivity contribution in [1.82, 2.24) is 10.1 Å². The van der Waals surface area contributed by atoms with Crippen molar-refractivity contribution in [1.29, 1.82) is 0 Å². The van der Waals surface area contributed by atoms with E-state index in [1.54, 1.807) is 12.1 Å². The third-order valence-electron chi connectivity index (χ3n) is 3.67. The van der Waals surface area contributed by atoms with Gasteiger partial charge in [0, 0.05) is 18.7 Å². The van der Waals surface area contributed by atoms with E-state index in [0.717, 1.165) is 17.0 Å².